The molecule has 0 aliphatic rings. The van der Waals surface area contributed by atoms with Crippen molar-refractivity contribution in [1.29, 1.82) is 0 Å². The smallest absolute Gasteiger partial charge is 0.203 e. The molecule has 0 saturated carbocycles. The highest BCUT2D eigenvalue weighted by molar-refractivity contribution is 6.07. The molecule has 5 nitrogen and oxygen atoms in total. The van der Waals surface area contributed by atoms with Crippen molar-refractivity contribution in [3.8, 4) is 17.2 Å². The minimum Gasteiger partial charge on any atom is -0.493 e. The molecular weight excluding hydrogens is 330 g/mol. The monoisotopic (exact) mass is 351 g/mol. The topological polar surface area (TPSA) is 49.7 Å². The number of carbonyl (C=O) groups excluding carboxylic acids is 1. The third-order valence-corrected chi connectivity index (χ3v) is 4.29. The molecule has 1 heterocycles. The molecule has 0 aliphatic heterocycles. The molecule has 0 aliphatic carbocycles. The Morgan fingerprint density at radius 3 is 2.27 bits per heavy atom. The molecule has 0 amide bonds. The Bertz CT molecular complexity index is 960. The normalized spacial score (nSPS) is 11.1. The molecule has 0 radical (unpaired) electrons. The summed E-state index contributed by atoms with van der Waals surface area (Å²) in [6.45, 7) is 0. The van der Waals surface area contributed by atoms with Crippen molar-refractivity contribution in [1.82, 2.24) is 4.57 Å². The molecule has 0 spiro atoms. The summed E-state index contributed by atoms with van der Waals surface area (Å²) in [6.07, 6.45) is 5.36. The van der Waals surface area contributed by atoms with Crippen LogP contribution < -0.4 is 14.2 Å². The fourth-order valence-corrected chi connectivity index (χ4v) is 2.90. The maximum atomic E-state index is 12.6. The summed E-state index contributed by atoms with van der Waals surface area (Å²) in [4.78, 5) is 12.6. The van der Waals surface area contributed by atoms with Gasteiger partial charge in [-0.2, -0.15) is 0 Å². The van der Waals surface area contributed by atoms with Crippen LogP contribution in [0.1, 0.15) is 15.9 Å². The van der Waals surface area contributed by atoms with Gasteiger partial charge < -0.3 is 18.8 Å². The van der Waals surface area contributed by atoms with Crippen LogP contribution in [0.3, 0.4) is 0 Å². The van der Waals surface area contributed by atoms with Crippen molar-refractivity contribution in [2.45, 2.75) is 0 Å². The number of hydrogen-bond donors (Lipinski definition) is 0. The number of benzene rings is 2. The number of methoxy groups -OCH3 is 3. The molecule has 5 heteroatoms. The van der Waals surface area contributed by atoms with E-state index in [1.807, 2.05) is 37.5 Å². The summed E-state index contributed by atoms with van der Waals surface area (Å²) in [5.41, 5.74) is 2.58. The van der Waals surface area contributed by atoms with E-state index in [1.54, 1.807) is 24.3 Å². The first-order valence-electron chi connectivity index (χ1n) is 8.15. The molecule has 0 saturated heterocycles. The summed E-state index contributed by atoms with van der Waals surface area (Å²) in [5.74, 6) is 1.23. The zero-order chi connectivity index (χ0) is 18.7. The first-order chi connectivity index (χ1) is 12.6. The summed E-state index contributed by atoms with van der Waals surface area (Å²) in [6, 6.07) is 11.4. The molecule has 0 bridgehead atoms. The number of nitrogens with zero attached hydrogens (tertiary/aromatic N) is 1. The average Bonchev–Trinajstić information content (AvgIpc) is 3.05. The van der Waals surface area contributed by atoms with Gasteiger partial charge in [-0.1, -0.05) is 12.1 Å². The summed E-state index contributed by atoms with van der Waals surface area (Å²) in [5, 5.41) is 1.13. The van der Waals surface area contributed by atoms with Gasteiger partial charge in [0.2, 0.25) is 5.75 Å². The lowest BCUT2D eigenvalue weighted by atomic mass is 10.1. The lowest BCUT2D eigenvalue weighted by Crippen LogP contribution is -2.00. The maximum absolute atomic E-state index is 12.6. The number of aromatic nitrogens is 1. The van der Waals surface area contributed by atoms with Crippen LogP contribution in [0.5, 0.6) is 17.2 Å². The van der Waals surface area contributed by atoms with Gasteiger partial charge in [-0.05, 0) is 42.0 Å². The molecule has 26 heavy (non-hydrogen) atoms. The van der Waals surface area contributed by atoms with E-state index in [-0.39, 0.29) is 5.78 Å². The first kappa shape index (κ1) is 17.6. The molecule has 0 N–H and O–H groups in total. The molecule has 3 rings (SSSR count). The minimum atomic E-state index is -0.141. The number of hydrogen-bond acceptors (Lipinski definition) is 4. The van der Waals surface area contributed by atoms with Gasteiger partial charge in [0.1, 0.15) is 0 Å². The standard InChI is InChI=1S/C21H21NO4/c1-22-10-9-15-11-14(5-7-17(15)22)6-8-18(23)16-12-19(24-2)21(26-4)20(13-16)25-3/h5-13H,1-4H3/b8-6+. The Morgan fingerprint density at radius 2 is 1.65 bits per heavy atom. The second-order valence-corrected chi connectivity index (χ2v) is 5.86. The number of allylic oxidation sites excluding steroid dienone is 1. The molecular formula is C21H21NO4. The van der Waals surface area contributed by atoms with Crippen LogP contribution in [-0.2, 0) is 7.05 Å². The second kappa shape index (κ2) is 7.35. The Kier molecular flexibility index (Phi) is 4.98. The van der Waals surface area contributed by atoms with Crippen molar-refractivity contribution in [2.75, 3.05) is 21.3 Å². The molecule has 2 aromatic carbocycles. The van der Waals surface area contributed by atoms with Crippen LogP contribution >= 0.6 is 0 Å². The van der Waals surface area contributed by atoms with Gasteiger partial charge in [-0.3, -0.25) is 4.79 Å². The molecule has 0 unspecified atom stereocenters. The lowest BCUT2D eigenvalue weighted by molar-refractivity contribution is 0.104. The van der Waals surface area contributed by atoms with Crippen molar-refractivity contribution in [2.24, 2.45) is 7.05 Å². The van der Waals surface area contributed by atoms with E-state index in [0.717, 1.165) is 16.5 Å². The van der Waals surface area contributed by atoms with E-state index < -0.39 is 0 Å². The molecule has 0 atom stereocenters. The Morgan fingerprint density at radius 1 is 0.962 bits per heavy atom. The van der Waals surface area contributed by atoms with Gasteiger partial charge >= 0.3 is 0 Å². The van der Waals surface area contributed by atoms with Crippen LogP contribution in [-0.4, -0.2) is 31.7 Å². The number of ether oxygens (including phenoxy) is 3. The van der Waals surface area contributed by atoms with E-state index in [1.165, 1.54) is 21.3 Å². The zero-order valence-corrected chi connectivity index (χ0v) is 15.3. The minimum absolute atomic E-state index is 0.141. The van der Waals surface area contributed by atoms with Crippen LogP contribution in [0.25, 0.3) is 17.0 Å². The highest BCUT2D eigenvalue weighted by atomic mass is 16.5. The maximum Gasteiger partial charge on any atom is 0.203 e. The SMILES string of the molecule is COc1cc(C(=O)/C=C/c2ccc3c(ccn3C)c2)cc(OC)c1OC. The highest BCUT2D eigenvalue weighted by Gasteiger charge is 2.15. The first-order valence-corrected chi connectivity index (χ1v) is 8.15. The predicted molar refractivity (Wildman–Crippen MR) is 102 cm³/mol. The summed E-state index contributed by atoms with van der Waals surface area (Å²) in [7, 11) is 6.58. The lowest BCUT2D eigenvalue weighted by Gasteiger charge is -2.13. The van der Waals surface area contributed by atoms with Crippen LogP contribution in [0, 0.1) is 0 Å². The number of carbonyl (C=O) groups is 1. The number of fused-ring (bicyclic) bond motifs is 1. The molecule has 3 aromatic rings. The van der Waals surface area contributed by atoms with E-state index in [4.69, 9.17) is 14.2 Å². The number of aryl methyl sites for hydroxylation is 1. The third-order valence-electron chi connectivity index (χ3n) is 4.29. The van der Waals surface area contributed by atoms with E-state index >= 15 is 0 Å². The predicted octanol–water partition coefficient (Wildman–Crippen LogP) is 4.10. The Hall–Kier alpha value is -3.21. The quantitative estimate of drug-likeness (QED) is 0.496. The average molecular weight is 351 g/mol. The van der Waals surface area contributed by atoms with E-state index in [9.17, 15) is 4.79 Å². The number of rotatable bonds is 6. The van der Waals surface area contributed by atoms with Gasteiger partial charge in [0.05, 0.1) is 21.3 Å². The van der Waals surface area contributed by atoms with Gasteiger partial charge in [-0.15, -0.1) is 0 Å². The second-order valence-electron chi connectivity index (χ2n) is 5.86. The largest absolute Gasteiger partial charge is 0.493 e. The van der Waals surface area contributed by atoms with E-state index in [0.29, 0.717) is 22.8 Å². The highest BCUT2D eigenvalue weighted by Crippen LogP contribution is 2.38. The molecule has 1 aromatic heterocycles. The van der Waals surface area contributed by atoms with Gasteiger partial charge in [0.15, 0.2) is 17.3 Å². The van der Waals surface area contributed by atoms with Crippen molar-refractivity contribution in [3.05, 3.63) is 59.8 Å². The van der Waals surface area contributed by atoms with E-state index in [2.05, 4.69) is 4.57 Å². The zero-order valence-electron chi connectivity index (χ0n) is 15.3. The van der Waals surface area contributed by atoms with Crippen LogP contribution in [0.15, 0.2) is 48.7 Å². The molecule has 134 valence electrons. The van der Waals surface area contributed by atoms with Gasteiger partial charge in [0, 0.05) is 29.7 Å². The van der Waals surface area contributed by atoms with Crippen molar-refractivity contribution in [3.63, 3.8) is 0 Å². The van der Waals surface area contributed by atoms with Crippen molar-refractivity contribution >= 4 is 22.8 Å². The fourth-order valence-electron chi connectivity index (χ4n) is 2.90. The van der Waals surface area contributed by atoms with Crippen molar-refractivity contribution < 1.29 is 19.0 Å². The summed E-state index contributed by atoms with van der Waals surface area (Å²) >= 11 is 0. The van der Waals surface area contributed by atoms with Crippen LogP contribution in [0.2, 0.25) is 0 Å². The third kappa shape index (κ3) is 3.28. The fraction of sp³-hybridized carbons (Fsp3) is 0.190. The Balaban J connectivity index is 1.89. The number of ketones is 1. The van der Waals surface area contributed by atoms with Gasteiger partial charge in [0.25, 0.3) is 0 Å². The summed E-state index contributed by atoms with van der Waals surface area (Å²) < 4.78 is 17.9. The van der Waals surface area contributed by atoms with Crippen LogP contribution in [0.4, 0.5) is 0 Å². The molecule has 0 fully saturated rings. The van der Waals surface area contributed by atoms with Gasteiger partial charge in [-0.25, -0.2) is 0 Å². The Labute approximate surface area is 152 Å².